The van der Waals surface area contributed by atoms with E-state index in [-0.39, 0.29) is 17.4 Å². The number of ether oxygens (including phenoxy) is 1. The first kappa shape index (κ1) is 25.8. The van der Waals surface area contributed by atoms with E-state index in [4.69, 9.17) is 15.9 Å². The molecular weight excluding hydrogens is 490 g/mol. The summed E-state index contributed by atoms with van der Waals surface area (Å²) >= 11 is 0. The molecule has 0 aliphatic rings. The second-order valence-corrected chi connectivity index (χ2v) is 8.45. The molecule has 0 radical (unpaired) electrons. The highest BCUT2D eigenvalue weighted by molar-refractivity contribution is 6.17. The van der Waals surface area contributed by atoms with Crippen molar-refractivity contribution < 1.29 is 24.2 Å². The molecular formula is C26H25N7O5. The van der Waals surface area contributed by atoms with Gasteiger partial charge in [0, 0.05) is 37.6 Å². The van der Waals surface area contributed by atoms with Crippen molar-refractivity contribution in [1.82, 2.24) is 14.5 Å². The van der Waals surface area contributed by atoms with E-state index in [2.05, 4.69) is 15.3 Å². The molecule has 2 aromatic carbocycles. The smallest absolute Gasteiger partial charge is 0.335 e. The quantitative estimate of drug-likeness (QED) is 0.0855. The summed E-state index contributed by atoms with van der Waals surface area (Å²) in [7, 11) is 3.75. The molecule has 2 heterocycles. The van der Waals surface area contributed by atoms with Crippen molar-refractivity contribution in [3.63, 3.8) is 0 Å². The van der Waals surface area contributed by atoms with Gasteiger partial charge >= 0.3 is 11.9 Å². The van der Waals surface area contributed by atoms with Crippen molar-refractivity contribution >= 4 is 46.2 Å². The summed E-state index contributed by atoms with van der Waals surface area (Å²) in [6.07, 6.45) is 1.42. The average Bonchev–Trinajstić information content (AvgIpc) is 3.18. The molecule has 4 aromatic rings. The van der Waals surface area contributed by atoms with E-state index in [1.165, 1.54) is 24.4 Å². The highest BCUT2D eigenvalue weighted by Crippen LogP contribution is 2.24. The SMILES string of the molecule is CN(Cc1nc2cc(OC(=O)C(C(=O)O)C(=O)Nc3ccccn3)ccc2n1C)c1ccc(C(=N)N)cc1. The largest absolute Gasteiger partial charge is 0.480 e. The van der Waals surface area contributed by atoms with Gasteiger partial charge in [-0.2, -0.15) is 0 Å². The fraction of sp³-hybridized carbons (Fsp3) is 0.154. The molecule has 1 unspecified atom stereocenters. The number of amides is 1. The lowest BCUT2D eigenvalue weighted by molar-refractivity contribution is -0.155. The van der Waals surface area contributed by atoms with Crippen LogP contribution in [0.15, 0.2) is 66.9 Å². The van der Waals surface area contributed by atoms with E-state index >= 15 is 0 Å². The minimum absolute atomic E-state index is 0.00503. The first-order chi connectivity index (χ1) is 18.1. The Kier molecular flexibility index (Phi) is 7.33. The number of carbonyl (C=O) groups is 3. The van der Waals surface area contributed by atoms with Crippen LogP contribution < -0.4 is 20.7 Å². The Morgan fingerprint density at radius 1 is 1.16 bits per heavy atom. The number of nitrogens with two attached hydrogens (primary N) is 1. The molecule has 12 heteroatoms. The summed E-state index contributed by atoms with van der Waals surface area (Å²) in [5.74, 6) is -5.17. The lowest BCUT2D eigenvalue weighted by Gasteiger charge is -2.19. The van der Waals surface area contributed by atoms with E-state index in [1.54, 1.807) is 30.3 Å². The first-order valence-electron chi connectivity index (χ1n) is 11.4. The number of nitrogen functional groups attached to an aromatic ring is 1. The van der Waals surface area contributed by atoms with E-state index in [0.717, 1.165) is 17.0 Å². The Labute approximate surface area is 217 Å². The number of hydrogen-bond donors (Lipinski definition) is 4. The van der Waals surface area contributed by atoms with E-state index < -0.39 is 23.8 Å². The number of nitrogens with zero attached hydrogens (tertiary/aromatic N) is 4. The van der Waals surface area contributed by atoms with Crippen molar-refractivity contribution in [3.8, 4) is 5.75 Å². The van der Waals surface area contributed by atoms with Crippen LogP contribution in [-0.4, -0.2) is 50.4 Å². The summed E-state index contributed by atoms with van der Waals surface area (Å²) in [6.45, 7) is 0.453. The number of anilines is 2. The molecule has 4 rings (SSSR count). The molecule has 5 N–H and O–H groups in total. The molecule has 38 heavy (non-hydrogen) atoms. The molecule has 0 saturated carbocycles. The Morgan fingerprint density at radius 2 is 1.89 bits per heavy atom. The summed E-state index contributed by atoms with van der Waals surface area (Å²) in [4.78, 5) is 47.3. The van der Waals surface area contributed by atoms with Crippen LogP contribution >= 0.6 is 0 Å². The lowest BCUT2D eigenvalue weighted by atomic mass is 10.1. The van der Waals surface area contributed by atoms with Crippen LogP contribution in [0.5, 0.6) is 5.75 Å². The molecule has 1 amide bonds. The summed E-state index contributed by atoms with van der Waals surface area (Å²) in [6, 6.07) is 16.7. The Morgan fingerprint density at radius 3 is 2.53 bits per heavy atom. The maximum Gasteiger partial charge on any atom is 0.335 e. The van der Waals surface area contributed by atoms with Gasteiger partial charge in [0.1, 0.15) is 23.2 Å². The monoisotopic (exact) mass is 515 g/mol. The molecule has 1 atom stereocenters. The zero-order valence-electron chi connectivity index (χ0n) is 20.6. The average molecular weight is 516 g/mol. The van der Waals surface area contributed by atoms with Crippen LogP contribution in [0.4, 0.5) is 11.5 Å². The predicted octanol–water partition coefficient (Wildman–Crippen LogP) is 2.13. The number of aliphatic carboxylic acids is 1. The van der Waals surface area contributed by atoms with Gasteiger partial charge in [0.2, 0.25) is 5.92 Å². The van der Waals surface area contributed by atoms with E-state index in [9.17, 15) is 19.5 Å². The van der Waals surface area contributed by atoms with Gasteiger partial charge < -0.3 is 30.4 Å². The van der Waals surface area contributed by atoms with Crippen molar-refractivity contribution in [3.05, 3.63) is 78.2 Å². The predicted molar refractivity (Wildman–Crippen MR) is 140 cm³/mol. The highest BCUT2D eigenvalue weighted by Gasteiger charge is 2.36. The molecule has 0 fully saturated rings. The molecule has 194 valence electrons. The van der Waals surface area contributed by atoms with Crippen LogP contribution in [-0.2, 0) is 28.0 Å². The van der Waals surface area contributed by atoms with Crippen LogP contribution in [0.2, 0.25) is 0 Å². The lowest BCUT2D eigenvalue weighted by Crippen LogP contribution is -2.38. The molecule has 0 aliphatic carbocycles. The van der Waals surface area contributed by atoms with E-state index in [0.29, 0.717) is 17.6 Å². The van der Waals surface area contributed by atoms with Crippen LogP contribution in [0, 0.1) is 11.3 Å². The fourth-order valence-corrected chi connectivity index (χ4v) is 3.76. The second-order valence-electron chi connectivity index (χ2n) is 8.45. The topological polar surface area (TPSA) is 177 Å². The molecule has 0 saturated heterocycles. The number of carbonyl (C=O) groups excluding carboxylic acids is 2. The number of carboxylic acid groups (broad SMARTS) is 1. The Hall–Kier alpha value is -5.26. The number of nitrogens with one attached hydrogen (secondary N) is 2. The van der Waals surface area contributed by atoms with Gasteiger partial charge in [0.05, 0.1) is 17.6 Å². The van der Waals surface area contributed by atoms with Crippen LogP contribution in [0.3, 0.4) is 0 Å². The van der Waals surface area contributed by atoms with Gasteiger partial charge in [-0.25, -0.2) is 9.97 Å². The third-order valence-corrected chi connectivity index (χ3v) is 5.82. The number of pyridine rings is 1. The summed E-state index contributed by atoms with van der Waals surface area (Å²) < 4.78 is 7.14. The van der Waals surface area contributed by atoms with E-state index in [1.807, 2.05) is 35.7 Å². The summed E-state index contributed by atoms with van der Waals surface area (Å²) in [5.41, 5.74) is 8.35. The van der Waals surface area contributed by atoms with Gasteiger partial charge in [-0.05, 0) is 48.5 Å². The van der Waals surface area contributed by atoms with Gasteiger partial charge in [0.15, 0.2) is 0 Å². The van der Waals surface area contributed by atoms with Crippen molar-refractivity contribution in [1.29, 1.82) is 5.41 Å². The first-order valence-corrected chi connectivity index (χ1v) is 11.4. The second kappa shape index (κ2) is 10.8. The zero-order chi connectivity index (χ0) is 27.4. The Balaban J connectivity index is 1.49. The molecule has 0 aliphatic heterocycles. The van der Waals surface area contributed by atoms with Crippen LogP contribution in [0.1, 0.15) is 11.4 Å². The van der Waals surface area contributed by atoms with Gasteiger partial charge in [-0.15, -0.1) is 0 Å². The van der Waals surface area contributed by atoms with Crippen molar-refractivity contribution in [2.24, 2.45) is 18.7 Å². The standard InChI is InChI=1S/C26H25N7O5/c1-32(16-8-6-15(7-9-16)23(27)28)14-21-30-18-13-17(10-11-19(18)33(21)2)38-26(37)22(25(35)36)24(34)31-20-5-3-4-12-29-20/h3-13,22H,14H2,1-2H3,(H3,27,28)(H,35,36)(H,29,31,34). The van der Waals surface area contributed by atoms with Crippen molar-refractivity contribution in [2.75, 3.05) is 17.3 Å². The van der Waals surface area contributed by atoms with Gasteiger partial charge in [-0.1, -0.05) is 6.07 Å². The fourth-order valence-electron chi connectivity index (χ4n) is 3.76. The minimum Gasteiger partial charge on any atom is -0.480 e. The number of benzene rings is 2. The number of aryl methyl sites for hydroxylation is 1. The number of hydrogen-bond acceptors (Lipinski definition) is 8. The zero-order valence-corrected chi connectivity index (χ0v) is 20.6. The number of esters is 1. The maximum atomic E-state index is 12.6. The van der Waals surface area contributed by atoms with Crippen molar-refractivity contribution in [2.45, 2.75) is 6.54 Å². The highest BCUT2D eigenvalue weighted by atomic mass is 16.5. The number of fused-ring (bicyclic) bond motifs is 1. The molecule has 0 bridgehead atoms. The molecule has 2 aromatic heterocycles. The number of imidazole rings is 1. The molecule has 0 spiro atoms. The van der Waals surface area contributed by atoms with Crippen LogP contribution in [0.25, 0.3) is 11.0 Å². The van der Waals surface area contributed by atoms with Gasteiger partial charge in [0.25, 0.3) is 5.91 Å². The number of rotatable bonds is 9. The number of amidine groups is 1. The maximum absolute atomic E-state index is 12.6. The third kappa shape index (κ3) is 5.59. The summed E-state index contributed by atoms with van der Waals surface area (Å²) in [5, 5.41) is 19.3. The normalized spacial score (nSPS) is 11.5. The molecule has 12 nitrogen and oxygen atoms in total. The Bertz CT molecular complexity index is 1520. The minimum atomic E-state index is -2.09. The number of aromatic nitrogens is 3. The number of carboxylic acids is 1. The van der Waals surface area contributed by atoms with Gasteiger partial charge in [-0.3, -0.25) is 19.8 Å². The third-order valence-electron chi connectivity index (χ3n) is 5.82.